The lowest BCUT2D eigenvalue weighted by Gasteiger charge is -2.10. The summed E-state index contributed by atoms with van der Waals surface area (Å²) in [6, 6.07) is 19.2. The van der Waals surface area contributed by atoms with Crippen molar-refractivity contribution in [2.75, 3.05) is 18.7 Å². The van der Waals surface area contributed by atoms with Crippen LogP contribution in [0.1, 0.15) is 16.1 Å². The minimum Gasteiger partial charge on any atom is -0.497 e. The molecule has 2 aromatic carbocycles. The van der Waals surface area contributed by atoms with Gasteiger partial charge >= 0.3 is 0 Å². The molecule has 152 valence electrons. The normalized spacial score (nSPS) is 10.7. The van der Waals surface area contributed by atoms with Gasteiger partial charge in [0.25, 0.3) is 5.91 Å². The molecule has 1 N–H and O–H groups in total. The lowest BCUT2D eigenvalue weighted by atomic mass is 10.2. The van der Waals surface area contributed by atoms with Gasteiger partial charge < -0.3 is 14.6 Å². The Morgan fingerprint density at radius 3 is 2.57 bits per heavy atom. The van der Waals surface area contributed by atoms with Gasteiger partial charge in [-0.15, -0.1) is 16.9 Å². The number of thioether (sulfide) groups is 1. The van der Waals surface area contributed by atoms with Crippen molar-refractivity contribution >= 4 is 23.4 Å². The van der Waals surface area contributed by atoms with Gasteiger partial charge in [0.15, 0.2) is 11.5 Å². The smallest absolute Gasteiger partial charge is 0.280 e. The molecule has 8 heteroatoms. The average molecular weight is 420 g/mol. The number of nitrogens with zero attached hydrogens (tertiary/aromatic N) is 4. The van der Waals surface area contributed by atoms with Gasteiger partial charge in [0.1, 0.15) is 5.75 Å². The Labute approximate surface area is 178 Å². The molecule has 0 atom stereocenters. The zero-order valence-corrected chi connectivity index (χ0v) is 17.5. The van der Waals surface area contributed by atoms with Gasteiger partial charge in [-0.1, -0.05) is 23.4 Å². The van der Waals surface area contributed by atoms with Crippen LogP contribution in [0.5, 0.6) is 5.75 Å². The number of methoxy groups -OCH3 is 1. The van der Waals surface area contributed by atoms with Crippen molar-refractivity contribution in [3.63, 3.8) is 0 Å². The Morgan fingerprint density at radius 1 is 1.10 bits per heavy atom. The maximum Gasteiger partial charge on any atom is 0.280 e. The standard InChI is InChI=1S/C22H21N5O2S/c1-29-18-10-8-16(9-11-18)15-27-22(26-12-3-4-13-26)20(24-25-27)21(28)23-17-6-5-7-19(14-17)30-2/h3-14H,15H2,1-2H3,(H,23,28). The van der Waals surface area contributed by atoms with Crippen LogP contribution in [0.4, 0.5) is 5.69 Å². The first-order valence-corrected chi connectivity index (χ1v) is 10.6. The average Bonchev–Trinajstić information content (AvgIpc) is 3.44. The van der Waals surface area contributed by atoms with Crippen molar-refractivity contribution in [2.24, 2.45) is 0 Å². The first-order valence-electron chi connectivity index (χ1n) is 9.33. The van der Waals surface area contributed by atoms with Crippen LogP contribution in [0.2, 0.25) is 0 Å². The summed E-state index contributed by atoms with van der Waals surface area (Å²) in [6.07, 6.45) is 5.73. The molecule has 2 heterocycles. The third kappa shape index (κ3) is 4.23. The Hall–Kier alpha value is -3.52. The van der Waals surface area contributed by atoms with Crippen molar-refractivity contribution in [2.45, 2.75) is 11.4 Å². The van der Waals surface area contributed by atoms with E-state index in [1.54, 1.807) is 23.6 Å². The molecule has 0 aliphatic heterocycles. The molecular weight excluding hydrogens is 398 g/mol. The molecule has 0 radical (unpaired) electrons. The van der Waals surface area contributed by atoms with E-state index in [0.717, 1.165) is 21.9 Å². The van der Waals surface area contributed by atoms with Gasteiger partial charge in [-0.2, -0.15) is 0 Å². The maximum absolute atomic E-state index is 13.0. The topological polar surface area (TPSA) is 74.0 Å². The van der Waals surface area contributed by atoms with Gasteiger partial charge in [0, 0.05) is 23.0 Å². The van der Waals surface area contributed by atoms with E-state index in [1.807, 2.05) is 83.9 Å². The molecule has 0 saturated carbocycles. The second-order valence-corrected chi connectivity index (χ2v) is 7.42. The second kappa shape index (κ2) is 8.87. The number of nitrogens with one attached hydrogen (secondary N) is 1. The second-order valence-electron chi connectivity index (χ2n) is 6.54. The van der Waals surface area contributed by atoms with Gasteiger partial charge in [-0.3, -0.25) is 4.79 Å². The van der Waals surface area contributed by atoms with Crippen LogP contribution in [0, 0.1) is 0 Å². The highest BCUT2D eigenvalue weighted by atomic mass is 32.2. The minimum absolute atomic E-state index is 0.259. The predicted octanol–water partition coefficient (Wildman–Crippen LogP) is 4.10. The number of anilines is 1. The number of rotatable bonds is 7. The van der Waals surface area contributed by atoms with Crippen LogP contribution in [-0.2, 0) is 6.54 Å². The molecule has 30 heavy (non-hydrogen) atoms. The predicted molar refractivity (Wildman–Crippen MR) is 118 cm³/mol. The summed E-state index contributed by atoms with van der Waals surface area (Å²) >= 11 is 1.62. The summed E-state index contributed by atoms with van der Waals surface area (Å²) in [6.45, 7) is 0.472. The van der Waals surface area contributed by atoms with Crippen molar-refractivity contribution in [1.29, 1.82) is 0 Å². The Balaban J connectivity index is 1.65. The monoisotopic (exact) mass is 419 g/mol. The first kappa shape index (κ1) is 19.8. The molecule has 0 saturated heterocycles. The number of carbonyl (C=O) groups is 1. The summed E-state index contributed by atoms with van der Waals surface area (Å²) in [4.78, 5) is 14.1. The first-order chi connectivity index (χ1) is 14.7. The lowest BCUT2D eigenvalue weighted by Crippen LogP contribution is -2.16. The van der Waals surface area contributed by atoms with Crippen LogP contribution < -0.4 is 10.1 Å². The van der Waals surface area contributed by atoms with E-state index in [9.17, 15) is 4.79 Å². The van der Waals surface area contributed by atoms with E-state index >= 15 is 0 Å². The van der Waals surface area contributed by atoms with Crippen LogP contribution in [0.15, 0.2) is 78.0 Å². The fourth-order valence-corrected chi connectivity index (χ4v) is 3.55. The van der Waals surface area contributed by atoms with Crippen molar-refractivity contribution in [3.8, 4) is 11.6 Å². The molecule has 2 aromatic heterocycles. The highest BCUT2D eigenvalue weighted by Crippen LogP contribution is 2.21. The third-order valence-corrected chi connectivity index (χ3v) is 5.32. The van der Waals surface area contributed by atoms with Gasteiger partial charge in [-0.25, -0.2) is 4.68 Å². The SMILES string of the molecule is COc1ccc(Cn2nnc(C(=O)Nc3cccc(SC)c3)c2-n2cccc2)cc1. The number of amides is 1. The molecule has 1 amide bonds. The van der Waals surface area contributed by atoms with Crippen molar-refractivity contribution < 1.29 is 9.53 Å². The van der Waals surface area contributed by atoms with Crippen LogP contribution >= 0.6 is 11.8 Å². The number of hydrogen-bond donors (Lipinski definition) is 1. The summed E-state index contributed by atoms with van der Waals surface area (Å²) < 4.78 is 8.78. The molecule has 0 bridgehead atoms. The molecule has 4 rings (SSSR count). The van der Waals surface area contributed by atoms with Crippen molar-refractivity contribution in [1.82, 2.24) is 19.6 Å². The zero-order chi connectivity index (χ0) is 20.9. The lowest BCUT2D eigenvalue weighted by molar-refractivity contribution is 0.102. The Kier molecular flexibility index (Phi) is 5.85. The fourth-order valence-electron chi connectivity index (χ4n) is 3.09. The molecule has 0 aliphatic rings. The molecule has 0 fully saturated rings. The number of carbonyl (C=O) groups excluding carboxylic acids is 1. The highest BCUT2D eigenvalue weighted by molar-refractivity contribution is 7.98. The van der Waals surface area contributed by atoms with Crippen molar-refractivity contribution in [3.05, 3.63) is 84.3 Å². The van der Waals surface area contributed by atoms with Crippen LogP contribution in [0.3, 0.4) is 0 Å². The summed E-state index contributed by atoms with van der Waals surface area (Å²) in [7, 11) is 1.64. The zero-order valence-electron chi connectivity index (χ0n) is 16.6. The van der Waals surface area contributed by atoms with E-state index in [2.05, 4.69) is 15.6 Å². The van der Waals surface area contributed by atoms with Crippen LogP contribution in [0.25, 0.3) is 5.82 Å². The van der Waals surface area contributed by atoms with Gasteiger partial charge in [0.2, 0.25) is 0 Å². The molecule has 0 spiro atoms. The molecule has 0 aliphatic carbocycles. The summed E-state index contributed by atoms with van der Waals surface area (Å²) in [5.41, 5.74) is 2.00. The van der Waals surface area contributed by atoms with Gasteiger partial charge in [-0.05, 0) is 54.3 Å². The summed E-state index contributed by atoms with van der Waals surface area (Å²) in [5, 5.41) is 11.4. The maximum atomic E-state index is 13.0. The molecule has 0 unspecified atom stereocenters. The third-order valence-electron chi connectivity index (χ3n) is 4.59. The Morgan fingerprint density at radius 2 is 1.87 bits per heavy atom. The molecular formula is C22H21N5O2S. The van der Waals surface area contributed by atoms with E-state index in [-0.39, 0.29) is 11.6 Å². The largest absolute Gasteiger partial charge is 0.497 e. The number of ether oxygens (including phenoxy) is 1. The van der Waals surface area contributed by atoms with E-state index in [1.165, 1.54) is 0 Å². The fraction of sp³-hybridized carbons (Fsp3) is 0.136. The quantitative estimate of drug-likeness (QED) is 0.457. The number of hydrogen-bond acceptors (Lipinski definition) is 5. The number of benzene rings is 2. The van der Waals surface area contributed by atoms with Gasteiger partial charge in [0.05, 0.1) is 13.7 Å². The van der Waals surface area contributed by atoms with Crippen LogP contribution in [-0.4, -0.2) is 38.8 Å². The highest BCUT2D eigenvalue weighted by Gasteiger charge is 2.21. The minimum atomic E-state index is -0.307. The van der Waals surface area contributed by atoms with E-state index in [4.69, 9.17) is 4.74 Å². The number of aromatic nitrogens is 4. The van der Waals surface area contributed by atoms with E-state index < -0.39 is 0 Å². The Bertz CT molecular complexity index is 1140. The molecule has 4 aromatic rings. The van der Waals surface area contributed by atoms with E-state index in [0.29, 0.717) is 12.4 Å². The summed E-state index contributed by atoms with van der Waals surface area (Å²) in [5.74, 6) is 1.09. The molecule has 7 nitrogen and oxygen atoms in total.